The van der Waals surface area contributed by atoms with E-state index in [9.17, 15) is 18.0 Å². The molecule has 1 aromatic rings. The third-order valence-corrected chi connectivity index (χ3v) is 4.48. The van der Waals surface area contributed by atoms with E-state index in [-0.39, 0.29) is 36.8 Å². The fraction of sp³-hybridized carbons (Fsp3) is 0.733. The second kappa shape index (κ2) is 6.27. The number of nitrogens with zero attached hydrogens (tertiary/aromatic N) is 4. The van der Waals surface area contributed by atoms with Crippen LogP contribution >= 0.6 is 0 Å². The van der Waals surface area contributed by atoms with Crippen molar-refractivity contribution in [1.82, 2.24) is 19.6 Å². The maximum absolute atomic E-state index is 12.7. The van der Waals surface area contributed by atoms with Crippen molar-refractivity contribution in [2.45, 2.75) is 45.1 Å². The smallest absolute Gasteiger partial charge is 0.401 e. The lowest BCUT2D eigenvalue weighted by atomic mass is 10.1. The first-order chi connectivity index (χ1) is 11.2. The predicted molar refractivity (Wildman–Crippen MR) is 79.9 cm³/mol. The molecule has 2 atom stereocenters. The first kappa shape index (κ1) is 17.1. The van der Waals surface area contributed by atoms with E-state index in [1.165, 1.54) is 4.90 Å². The van der Waals surface area contributed by atoms with Crippen LogP contribution in [0.25, 0.3) is 0 Å². The van der Waals surface area contributed by atoms with Gasteiger partial charge in [0.2, 0.25) is 5.88 Å². The summed E-state index contributed by atoms with van der Waals surface area (Å²) in [6.45, 7) is 4.28. The van der Waals surface area contributed by atoms with Crippen LogP contribution in [0, 0.1) is 0 Å². The summed E-state index contributed by atoms with van der Waals surface area (Å²) >= 11 is 0. The van der Waals surface area contributed by atoms with Crippen molar-refractivity contribution in [3.63, 3.8) is 0 Å². The third-order valence-electron chi connectivity index (χ3n) is 4.48. The Morgan fingerprint density at radius 1 is 1.33 bits per heavy atom. The minimum Gasteiger partial charge on any atom is -0.478 e. The van der Waals surface area contributed by atoms with Gasteiger partial charge in [-0.05, 0) is 13.8 Å². The molecular formula is C15H21F3N4O2. The van der Waals surface area contributed by atoms with Gasteiger partial charge in [-0.1, -0.05) is 0 Å². The van der Waals surface area contributed by atoms with Crippen LogP contribution in [0.4, 0.5) is 13.2 Å². The minimum atomic E-state index is -4.24. The predicted octanol–water partition coefficient (Wildman–Crippen LogP) is 1.76. The third kappa shape index (κ3) is 3.50. The molecule has 0 aromatic carbocycles. The highest BCUT2D eigenvalue weighted by atomic mass is 19.4. The molecule has 3 heterocycles. The van der Waals surface area contributed by atoms with Gasteiger partial charge in [-0.15, -0.1) is 0 Å². The average molecular weight is 346 g/mol. The van der Waals surface area contributed by atoms with E-state index in [1.54, 1.807) is 29.5 Å². The van der Waals surface area contributed by atoms with Crippen molar-refractivity contribution < 1.29 is 22.7 Å². The molecule has 2 aliphatic rings. The molecule has 3 rings (SSSR count). The Morgan fingerprint density at radius 3 is 2.58 bits per heavy atom. The quantitative estimate of drug-likeness (QED) is 0.819. The highest BCUT2D eigenvalue weighted by molar-refractivity contribution is 5.92. The fourth-order valence-corrected chi connectivity index (χ4v) is 3.37. The zero-order valence-electron chi connectivity index (χ0n) is 13.7. The van der Waals surface area contributed by atoms with Crippen LogP contribution in [0.1, 0.15) is 30.8 Å². The minimum absolute atomic E-state index is 0.252. The summed E-state index contributed by atoms with van der Waals surface area (Å²) in [4.78, 5) is 15.6. The lowest BCUT2D eigenvalue weighted by molar-refractivity contribution is -0.160. The van der Waals surface area contributed by atoms with E-state index in [2.05, 4.69) is 5.10 Å². The number of alkyl halides is 3. The van der Waals surface area contributed by atoms with Gasteiger partial charge in [0, 0.05) is 44.2 Å². The van der Waals surface area contributed by atoms with E-state index in [4.69, 9.17) is 4.74 Å². The Bertz CT molecular complexity index is 581. The van der Waals surface area contributed by atoms with Crippen molar-refractivity contribution in [3.8, 4) is 5.88 Å². The second-order valence-corrected chi connectivity index (χ2v) is 6.49. The number of ether oxygens (including phenoxy) is 1. The molecule has 0 N–H and O–H groups in total. The van der Waals surface area contributed by atoms with E-state index in [0.717, 1.165) is 6.42 Å². The van der Waals surface area contributed by atoms with Crippen LogP contribution in [0.5, 0.6) is 5.88 Å². The normalized spacial score (nSPS) is 25.3. The zero-order chi connectivity index (χ0) is 17.5. The number of halogens is 3. The Kier molecular flexibility index (Phi) is 4.46. The lowest BCUT2D eigenvalue weighted by Gasteiger charge is -2.44. The van der Waals surface area contributed by atoms with Crippen molar-refractivity contribution in [2.24, 2.45) is 0 Å². The van der Waals surface area contributed by atoms with E-state index in [0.29, 0.717) is 19.0 Å². The molecule has 2 aliphatic heterocycles. The number of carbonyl (C=O) groups is 1. The van der Waals surface area contributed by atoms with Crippen LogP contribution in [-0.4, -0.2) is 70.0 Å². The molecule has 0 unspecified atom stereocenters. The number of hydrogen-bond donors (Lipinski definition) is 0. The van der Waals surface area contributed by atoms with Gasteiger partial charge in [-0.25, -0.2) is 4.68 Å². The molecule has 0 bridgehead atoms. The van der Waals surface area contributed by atoms with Crippen LogP contribution < -0.4 is 4.74 Å². The maximum Gasteiger partial charge on any atom is 0.401 e. The molecule has 134 valence electrons. The largest absolute Gasteiger partial charge is 0.478 e. The first-order valence-corrected chi connectivity index (χ1v) is 8.07. The molecule has 1 saturated heterocycles. The first-order valence-electron chi connectivity index (χ1n) is 8.07. The summed E-state index contributed by atoms with van der Waals surface area (Å²) in [6.07, 6.45) is -3.40. The standard InChI is InChI=1S/C15H21F3N4O2/c1-10-7-20(8-11(2)21(10)9-15(16,17)18)14(23)12-6-13-22(19-12)4-3-5-24-13/h6,10-11H,3-5,7-9H2,1-2H3/t10-,11+. The fourth-order valence-electron chi connectivity index (χ4n) is 3.37. The van der Waals surface area contributed by atoms with Crippen LogP contribution in [0.2, 0.25) is 0 Å². The average Bonchev–Trinajstić information content (AvgIpc) is 2.93. The highest BCUT2D eigenvalue weighted by Gasteiger charge is 2.39. The molecule has 0 saturated carbocycles. The summed E-state index contributed by atoms with van der Waals surface area (Å²) in [5.74, 6) is 0.312. The number of fused-ring (bicyclic) bond motifs is 1. The Balaban J connectivity index is 1.70. The maximum atomic E-state index is 12.7. The Labute approximate surface area is 138 Å². The summed E-state index contributed by atoms with van der Waals surface area (Å²) in [5.41, 5.74) is 0.288. The van der Waals surface area contributed by atoms with Gasteiger partial charge >= 0.3 is 6.18 Å². The van der Waals surface area contributed by atoms with Crippen LogP contribution in [0.15, 0.2) is 6.07 Å². The monoisotopic (exact) mass is 346 g/mol. The Morgan fingerprint density at radius 2 is 2.00 bits per heavy atom. The molecule has 1 fully saturated rings. The molecule has 9 heteroatoms. The number of rotatable bonds is 2. The number of aryl methyl sites for hydroxylation is 1. The number of hydrogen-bond acceptors (Lipinski definition) is 4. The van der Waals surface area contributed by atoms with E-state index in [1.807, 2.05) is 0 Å². The number of amides is 1. The number of carbonyl (C=O) groups excluding carboxylic acids is 1. The van der Waals surface area contributed by atoms with Crippen molar-refractivity contribution in [2.75, 3.05) is 26.2 Å². The van der Waals surface area contributed by atoms with E-state index < -0.39 is 12.7 Å². The van der Waals surface area contributed by atoms with Gasteiger partial charge in [0.05, 0.1) is 13.2 Å². The summed E-state index contributed by atoms with van der Waals surface area (Å²) in [5, 5.41) is 4.26. The van der Waals surface area contributed by atoms with Gasteiger partial charge in [0.1, 0.15) is 0 Å². The number of piperazine rings is 1. The van der Waals surface area contributed by atoms with Crippen molar-refractivity contribution >= 4 is 5.91 Å². The number of aromatic nitrogens is 2. The Hall–Kier alpha value is -1.77. The lowest BCUT2D eigenvalue weighted by Crippen LogP contribution is -2.59. The summed E-state index contributed by atoms with van der Waals surface area (Å²) < 4.78 is 45.2. The van der Waals surface area contributed by atoms with Gasteiger partial charge in [0.15, 0.2) is 5.69 Å². The molecule has 0 aliphatic carbocycles. The van der Waals surface area contributed by atoms with Crippen molar-refractivity contribution in [3.05, 3.63) is 11.8 Å². The molecule has 0 spiro atoms. The molecule has 6 nitrogen and oxygen atoms in total. The zero-order valence-corrected chi connectivity index (χ0v) is 13.7. The summed E-state index contributed by atoms with van der Waals surface area (Å²) in [7, 11) is 0. The topological polar surface area (TPSA) is 50.6 Å². The van der Waals surface area contributed by atoms with Crippen LogP contribution in [-0.2, 0) is 6.54 Å². The molecule has 1 amide bonds. The van der Waals surface area contributed by atoms with Gasteiger partial charge < -0.3 is 9.64 Å². The van der Waals surface area contributed by atoms with Gasteiger partial charge in [-0.3, -0.25) is 9.69 Å². The van der Waals surface area contributed by atoms with Crippen molar-refractivity contribution in [1.29, 1.82) is 0 Å². The van der Waals surface area contributed by atoms with Gasteiger partial charge in [-0.2, -0.15) is 18.3 Å². The molecule has 0 radical (unpaired) electrons. The molecular weight excluding hydrogens is 325 g/mol. The van der Waals surface area contributed by atoms with Gasteiger partial charge in [0.25, 0.3) is 5.91 Å². The van der Waals surface area contributed by atoms with E-state index >= 15 is 0 Å². The summed E-state index contributed by atoms with van der Waals surface area (Å²) in [6, 6.07) is 0.875. The highest BCUT2D eigenvalue weighted by Crippen LogP contribution is 2.25. The van der Waals surface area contributed by atoms with Crippen LogP contribution in [0.3, 0.4) is 0 Å². The SMILES string of the molecule is C[C@@H]1CN(C(=O)c2cc3n(n2)CCCO3)C[C@H](C)N1CC(F)(F)F. The second-order valence-electron chi connectivity index (χ2n) is 6.49. The molecule has 24 heavy (non-hydrogen) atoms. The molecule has 1 aromatic heterocycles.